The quantitative estimate of drug-likeness (QED) is 0.604. The molecule has 0 aromatic heterocycles. The fourth-order valence-electron chi connectivity index (χ4n) is 6.41. The standard InChI is InChI=1S/C30H33NO6/c1-14(2)26-27-25(28(33)31(26)6)24(23-19(32)12-30(4,5)13-21(23)37-27)22-18-9-8-17(29(34)35)15(3)16(18)10-11-20(22)36-7/h8-11,14,24,26H,12-13H2,1-7H3,(H,34,35)/t24-,26+/m0/s1. The second-order valence-electron chi connectivity index (χ2n) is 11.5. The van der Waals surface area contributed by atoms with Gasteiger partial charge in [0.15, 0.2) is 5.78 Å². The summed E-state index contributed by atoms with van der Waals surface area (Å²) in [6.45, 7) is 9.99. The first kappa shape index (κ1) is 25.1. The van der Waals surface area contributed by atoms with Gasteiger partial charge >= 0.3 is 5.97 Å². The predicted molar refractivity (Wildman–Crippen MR) is 139 cm³/mol. The van der Waals surface area contributed by atoms with Crippen LogP contribution in [0, 0.1) is 18.3 Å². The zero-order chi connectivity index (χ0) is 27.0. The Morgan fingerprint density at radius 1 is 1.11 bits per heavy atom. The zero-order valence-electron chi connectivity index (χ0n) is 22.4. The van der Waals surface area contributed by atoms with E-state index in [9.17, 15) is 19.5 Å². The van der Waals surface area contributed by atoms with E-state index in [0.717, 1.165) is 10.8 Å². The number of benzene rings is 2. The second kappa shape index (κ2) is 8.47. The molecule has 5 rings (SSSR count). The molecule has 2 aromatic carbocycles. The smallest absolute Gasteiger partial charge is 0.335 e. The molecule has 7 nitrogen and oxygen atoms in total. The molecule has 3 aliphatic rings. The minimum absolute atomic E-state index is 0.0378. The minimum Gasteiger partial charge on any atom is -0.496 e. The van der Waals surface area contributed by atoms with Crippen LogP contribution in [0.25, 0.3) is 10.8 Å². The Morgan fingerprint density at radius 3 is 2.41 bits per heavy atom. The number of ether oxygens (including phenoxy) is 2. The molecule has 7 heteroatoms. The molecule has 194 valence electrons. The average molecular weight is 504 g/mol. The first-order valence-corrected chi connectivity index (χ1v) is 12.7. The maximum absolute atomic E-state index is 13.8. The lowest BCUT2D eigenvalue weighted by molar-refractivity contribution is -0.126. The van der Waals surface area contributed by atoms with Crippen molar-refractivity contribution in [2.45, 2.75) is 59.4 Å². The maximum Gasteiger partial charge on any atom is 0.335 e. The molecule has 2 heterocycles. The molecule has 2 aromatic rings. The van der Waals surface area contributed by atoms with E-state index in [0.29, 0.717) is 52.4 Å². The Balaban J connectivity index is 1.87. The Morgan fingerprint density at radius 2 is 1.78 bits per heavy atom. The fourth-order valence-corrected chi connectivity index (χ4v) is 6.41. The number of rotatable bonds is 4. The molecule has 0 fully saturated rings. The number of carbonyl (C=O) groups excluding carboxylic acids is 2. The van der Waals surface area contributed by atoms with Crippen molar-refractivity contribution >= 4 is 28.4 Å². The van der Waals surface area contributed by atoms with E-state index in [1.165, 1.54) is 0 Å². The number of carboxylic acids is 1. The predicted octanol–water partition coefficient (Wildman–Crippen LogP) is 5.36. The third-order valence-corrected chi connectivity index (χ3v) is 8.03. The lowest BCUT2D eigenvalue weighted by atomic mass is 9.69. The van der Waals surface area contributed by atoms with E-state index in [1.54, 1.807) is 44.2 Å². The van der Waals surface area contributed by atoms with E-state index in [-0.39, 0.29) is 34.6 Å². The molecule has 0 spiro atoms. The van der Waals surface area contributed by atoms with Gasteiger partial charge in [-0.2, -0.15) is 0 Å². The van der Waals surface area contributed by atoms with Gasteiger partial charge in [-0.15, -0.1) is 0 Å². The maximum atomic E-state index is 13.8. The largest absolute Gasteiger partial charge is 0.496 e. The van der Waals surface area contributed by atoms with Crippen LogP contribution in [0.15, 0.2) is 46.9 Å². The monoisotopic (exact) mass is 503 g/mol. The van der Waals surface area contributed by atoms with Gasteiger partial charge in [0.2, 0.25) is 0 Å². The second-order valence-corrected chi connectivity index (χ2v) is 11.5. The molecule has 1 aliphatic carbocycles. The Kier molecular flexibility index (Phi) is 5.73. The van der Waals surface area contributed by atoms with Gasteiger partial charge in [0.1, 0.15) is 17.3 Å². The first-order valence-electron chi connectivity index (χ1n) is 12.7. The molecule has 2 aliphatic heterocycles. The molecule has 0 unspecified atom stereocenters. The van der Waals surface area contributed by atoms with E-state index in [4.69, 9.17) is 9.47 Å². The summed E-state index contributed by atoms with van der Waals surface area (Å²) >= 11 is 0. The fraction of sp³-hybridized carbons (Fsp3) is 0.433. The van der Waals surface area contributed by atoms with Crippen LogP contribution in [0.5, 0.6) is 5.75 Å². The van der Waals surface area contributed by atoms with Crippen molar-refractivity contribution in [1.82, 2.24) is 4.90 Å². The molecule has 0 saturated heterocycles. The van der Waals surface area contributed by atoms with E-state index in [1.807, 2.05) is 6.07 Å². The number of likely N-dealkylation sites (N-methyl/N-ethyl adjacent to an activating group) is 1. The van der Waals surface area contributed by atoms with Crippen molar-refractivity contribution in [1.29, 1.82) is 0 Å². The first-order chi connectivity index (χ1) is 17.4. The number of aromatic carboxylic acids is 1. The van der Waals surface area contributed by atoms with Gasteiger partial charge in [-0.1, -0.05) is 39.8 Å². The van der Waals surface area contributed by atoms with Crippen LogP contribution in [0.1, 0.15) is 67.9 Å². The van der Waals surface area contributed by atoms with Crippen LogP contribution in [0.3, 0.4) is 0 Å². The number of hydrogen-bond acceptors (Lipinski definition) is 5. The normalized spacial score (nSPS) is 23.0. The topological polar surface area (TPSA) is 93.1 Å². The summed E-state index contributed by atoms with van der Waals surface area (Å²) in [4.78, 5) is 41.1. The molecule has 0 radical (unpaired) electrons. The van der Waals surface area contributed by atoms with Gasteiger partial charge in [0.25, 0.3) is 5.91 Å². The van der Waals surface area contributed by atoms with Crippen LogP contribution in [0.4, 0.5) is 0 Å². The van der Waals surface area contributed by atoms with Crippen molar-refractivity contribution in [2.24, 2.45) is 11.3 Å². The summed E-state index contributed by atoms with van der Waals surface area (Å²) in [5.41, 5.74) is 2.24. The minimum atomic E-state index is -1.00. The third-order valence-electron chi connectivity index (χ3n) is 8.03. The van der Waals surface area contributed by atoms with Crippen LogP contribution >= 0.6 is 0 Å². The Bertz CT molecular complexity index is 1440. The number of amides is 1. The average Bonchev–Trinajstić information content (AvgIpc) is 3.05. The number of ketones is 1. The van der Waals surface area contributed by atoms with Gasteiger partial charge < -0.3 is 19.5 Å². The number of methoxy groups -OCH3 is 1. The molecule has 37 heavy (non-hydrogen) atoms. The van der Waals surface area contributed by atoms with Crippen LogP contribution in [0.2, 0.25) is 0 Å². The number of carboxylic acid groups (broad SMARTS) is 1. The van der Waals surface area contributed by atoms with Crippen LogP contribution in [-0.2, 0) is 14.3 Å². The van der Waals surface area contributed by atoms with Gasteiger partial charge in [-0.05, 0) is 46.7 Å². The summed E-state index contributed by atoms with van der Waals surface area (Å²) in [6.07, 6.45) is 0.931. The van der Waals surface area contributed by atoms with E-state index >= 15 is 0 Å². The molecule has 0 saturated carbocycles. The van der Waals surface area contributed by atoms with Crippen molar-refractivity contribution in [3.05, 3.63) is 63.6 Å². The number of Topliss-reactive ketones (excluding diaryl/α,β-unsaturated/α-hetero) is 1. The lowest BCUT2D eigenvalue weighted by Crippen LogP contribution is -2.36. The van der Waals surface area contributed by atoms with Crippen LogP contribution in [-0.4, -0.2) is 47.9 Å². The van der Waals surface area contributed by atoms with Gasteiger partial charge in [0, 0.05) is 31.0 Å². The highest BCUT2D eigenvalue weighted by Gasteiger charge is 2.52. The van der Waals surface area contributed by atoms with Crippen molar-refractivity contribution < 1.29 is 29.0 Å². The number of carbonyl (C=O) groups is 3. The summed E-state index contributed by atoms with van der Waals surface area (Å²) in [5.74, 6) is -0.00553. The summed E-state index contributed by atoms with van der Waals surface area (Å²) in [5, 5.41) is 11.2. The summed E-state index contributed by atoms with van der Waals surface area (Å²) in [6, 6.07) is 6.74. The van der Waals surface area contributed by atoms with Gasteiger partial charge in [-0.3, -0.25) is 9.59 Å². The summed E-state index contributed by atoms with van der Waals surface area (Å²) in [7, 11) is 3.35. The Labute approximate surface area is 216 Å². The van der Waals surface area contributed by atoms with Crippen molar-refractivity contribution in [3.63, 3.8) is 0 Å². The summed E-state index contributed by atoms with van der Waals surface area (Å²) < 4.78 is 12.3. The molecule has 1 amide bonds. The Hall–Kier alpha value is -3.61. The van der Waals surface area contributed by atoms with E-state index in [2.05, 4.69) is 27.7 Å². The SMILES string of the molecule is COc1ccc2c(C)c(C(=O)O)ccc2c1[C@H]1C2=C(CC(C)(C)CC2=O)OC2=C1C(=O)N(C)[C@@H]2C(C)C. The van der Waals surface area contributed by atoms with Gasteiger partial charge in [0.05, 0.1) is 30.2 Å². The number of nitrogens with zero attached hydrogens (tertiary/aromatic N) is 1. The molecule has 1 N–H and O–H groups in total. The number of hydrogen-bond donors (Lipinski definition) is 1. The van der Waals surface area contributed by atoms with Gasteiger partial charge in [-0.25, -0.2) is 4.79 Å². The lowest BCUT2D eigenvalue weighted by Gasteiger charge is -2.38. The van der Waals surface area contributed by atoms with Crippen LogP contribution < -0.4 is 4.74 Å². The van der Waals surface area contributed by atoms with Crippen molar-refractivity contribution in [3.8, 4) is 5.75 Å². The van der Waals surface area contributed by atoms with E-state index < -0.39 is 11.9 Å². The third kappa shape index (κ3) is 3.66. The highest BCUT2D eigenvalue weighted by Crippen LogP contribution is 2.55. The zero-order valence-corrected chi connectivity index (χ0v) is 22.4. The van der Waals surface area contributed by atoms with Crippen molar-refractivity contribution in [2.75, 3.05) is 14.2 Å². The number of allylic oxidation sites excluding steroid dienone is 2. The highest BCUT2D eigenvalue weighted by atomic mass is 16.5. The molecule has 2 atom stereocenters. The molecular formula is C30H33NO6. The highest BCUT2D eigenvalue weighted by molar-refractivity contribution is 6.09. The number of aryl methyl sites for hydroxylation is 1. The molecule has 0 bridgehead atoms. The molecular weight excluding hydrogens is 470 g/mol. The number of fused-ring (bicyclic) bond motifs is 1.